The minimum Gasteiger partial charge on any atom is -0.481 e. The summed E-state index contributed by atoms with van der Waals surface area (Å²) in [5.74, 6) is -1.37. The van der Waals surface area contributed by atoms with Gasteiger partial charge in [-0.25, -0.2) is 0 Å². The monoisotopic (exact) mass is 285 g/mol. The van der Waals surface area contributed by atoms with Gasteiger partial charge in [0, 0.05) is 6.42 Å². The molecule has 1 aliphatic carbocycles. The number of ether oxygens (including phenoxy) is 1. The summed E-state index contributed by atoms with van der Waals surface area (Å²) < 4.78 is 5.43. The van der Waals surface area contributed by atoms with E-state index in [1.54, 1.807) is 20.8 Å². The largest absolute Gasteiger partial charge is 0.481 e. The Kier molecular flexibility index (Phi) is 5.57. The molecule has 20 heavy (non-hydrogen) atoms. The summed E-state index contributed by atoms with van der Waals surface area (Å²) in [5, 5.41) is 8.88. The second-order valence-corrected chi connectivity index (χ2v) is 6.77. The summed E-state index contributed by atoms with van der Waals surface area (Å²) in [6.07, 6.45) is 5.01. The first-order chi connectivity index (χ1) is 9.15. The molecule has 0 aromatic heterocycles. The van der Waals surface area contributed by atoms with Gasteiger partial charge in [-0.2, -0.15) is 0 Å². The fourth-order valence-corrected chi connectivity index (χ4v) is 2.78. The third kappa shape index (κ3) is 4.78. The topological polar surface area (TPSA) is 89.6 Å². The van der Waals surface area contributed by atoms with Gasteiger partial charge < -0.3 is 15.6 Å². The zero-order valence-electron chi connectivity index (χ0n) is 12.8. The van der Waals surface area contributed by atoms with Crippen molar-refractivity contribution in [1.29, 1.82) is 0 Å². The lowest BCUT2D eigenvalue weighted by atomic mass is 9.73. The maximum Gasteiger partial charge on any atom is 0.326 e. The number of hydrogen-bond donors (Lipinski definition) is 2. The third-order valence-electron chi connectivity index (χ3n) is 3.87. The van der Waals surface area contributed by atoms with E-state index in [-0.39, 0.29) is 18.8 Å². The van der Waals surface area contributed by atoms with Gasteiger partial charge in [0.1, 0.15) is 11.1 Å². The molecule has 0 aliphatic heterocycles. The number of rotatable bonds is 5. The fourth-order valence-electron chi connectivity index (χ4n) is 2.78. The molecular weight excluding hydrogens is 258 g/mol. The molecule has 3 N–H and O–H groups in total. The molecule has 1 unspecified atom stereocenters. The average molecular weight is 285 g/mol. The highest BCUT2D eigenvalue weighted by atomic mass is 16.6. The first-order valence-corrected chi connectivity index (χ1v) is 7.39. The van der Waals surface area contributed by atoms with E-state index >= 15 is 0 Å². The van der Waals surface area contributed by atoms with Gasteiger partial charge in [-0.1, -0.05) is 19.3 Å². The predicted octanol–water partition coefficient (Wildman–Crippen LogP) is 2.47. The van der Waals surface area contributed by atoms with Crippen LogP contribution in [0.25, 0.3) is 0 Å². The smallest absolute Gasteiger partial charge is 0.326 e. The number of carboxylic acids is 1. The SMILES string of the molecule is CC(C)(C)OC(=O)C(N)(CCC(=O)O)C1CCCCC1. The Morgan fingerprint density at radius 2 is 1.75 bits per heavy atom. The first kappa shape index (κ1) is 17.0. The Morgan fingerprint density at radius 3 is 2.20 bits per heavy atom. The van der Waals surface area contributed by atoms with Crippen LogP contribution in [0.3, 0.4) is 0 Å². The molecule has 1 saturated carbocycles. The molecule has 1 aliphatic rings. The van der Waals surface area contributed by atoms with E-state index in [9.17, 15) is 9.59 Å². The number of carbonyl (C=O) groups is 2. The summed E-state index contributed by atoms with van der Waals surface area (Å²) in [5.41, 5.74) is 4.55. The van der Waals surface area contributed by atoms with Gasteiger partial charge >= 0.3 is 11.9 Å². The number of carbonyl (C=O) groups excluding carboxylic acids is 1. The highest BCUT2D eigenvalue weighted by Gasteiger charge is 2.45. The van der Waals surface area contributed by atoms with Crippen LogP contribution >= 0.6 is 0 Å². The molecule has 0 radical (unpaired) electrons. The van der Waals surface area contributed by atoms with Gasteiger partial charge in [-0.15, -0.1) is 0 Å². The van der Waals surface area contributed by atoms with Gasteiger partial charge in [-0.05, 0) is 46.0 Å². The van der Waals surface area contributed by atoms with Gasteiger partial charge in [-0.3, -0.25) is 9.59 Å². The maximum atomic E-state index is 12.5. The second kappa shape index (κ2) is 6.57. The van der Waals surface area contributed by atoms with E-state index in [1.165, 1.54) is 0 Å². The summed E-state index contributed by atoms with van der Waals surface area (Å²) >= 11 is 0. The van der Waals surface area contributed by atoms with E-state index < -0.39 is 23.1 Å². The third-order valence-corrected chi connectivity index (χ3v) is 3.87. The van der Waals surface area contributed by atoms with Crippen LogP contribution in [-0.4, -0.2) is 28.2 Å². The number of esters is 1. The van der Waals surface area contributed by atoms with E-state index in [0.717, 1.165) is 32.1 Å². The lowest BCUT2D eigenvalue weighted by Crippen LogP contribution is -2.57. The predicted molar refractivity (Wildman–Crippen MR) is 76.2 cm³/mol. The maximum absolute atomic E-state index is 12.5. The Morgan fingerprint density at radius 1 is 1.20 bits per heavy atom. The van der Waals surface area contributed by atoms with Crippen LogP contribution in [0.1, 0.15) is 65.7 Å². The van der Waals surface area contributed by atoms with Crippen molar-refractivity contribution >= 4 is 11.9 Å². The molecule has 1 atom stereocenters. The zero-order chi connectivity index (χ0) is 15.4. The number of hydrogen-bond acceptors (Lipinski definition) is 4. The molecule has 1 rings (SSSR count). The van der Waals surface area contributed by atoms with Crippen LogP contribution in [0.4, 0.5) is 0 Å². The van der Waals surface area contributed by atoms with Crippen LogP contribution < -0.4 is 5.73 Å². The standard InChI is InChI=1S/C15H27NO4/c1-14(2,3)20-13(19)15(16,10-9-12(17)18)11-7-5-4-6-8-11/h11H,4-10,16H2,1-3H3,(H,17,18). The fraction of sp³-hybridized carbons (Fsp3) is 0.867. The molecule has 116 valence electrons. The lowest BCUT2D eigenvalue weighted by Gasteiger charge is -2.39. The van der Waals surface area contributed by atoms with Crippen LogP contribution in [0.2, 0.25) is 0 Å². The molecule has 0 heterocycles. The summed E-state index contributed by atoms with van der Waals surface area (Å²) in [7, 11) is 0. The molecular formula is C15H27NO4. The second-order valence-electron chi connectivity index (χ2n) is 6.77. The Bertz CT molecular complexity index is 355. The average Bonchev–Trinajstić information content (AvgIpc) is 2.35. The molecule has 0 aromatic carbocycles. The molecule has 0 saturated heterocycles. The summed E-state index contributed by atoms with van der Waals surface area (Å²) in [4.78, 5) is 23.3. The van der Waals surface area contributed by atoms with Crippen molar-refractivity contribution in [3.63, 3.8) is 0 Å². The van der Waals surface area contributed by atoms with Gasteiger partial charge in [0.2, 0.25) is 0 Å². The molecule has 0 spiro atoms. The van der Waals surface area contributed by atoms with Crippen molar-refractivity contribution in [3.05, 3.63) is 0 Å². The van der Waals surface area contributed by atoms with Crippen molar-refractivity contribution in [1.82, 2.24) is 0 Å². The molecule has 1 fully saturated rings. The lowest BCUT2D eigenvalue weighted by molar-refractivity contribution is -0.165. The summed E-state index contributed by atoms with van der Waals surface area (Å²) in [6.45, 7) is 5.39. The zero-order valence-corrected chi connectivity index (χ0v) is 12.8. The van der Waals surface area contributed by atoms with Gasteiger partial charge in [0.15, 0.2) is 0 Å². The Hall–Kier alpha value is -1.10. The van der Waals surface area contributed by atoms with Crippen molar-refractivity contribution in [2.75, 3.05) is 0 Å². The number of nitrogens with two attached hydrogens (primary N) is 1. The van der Waals surface area contributed by atoms with E-state index in [1.807, 2.05) is 0 Å². The number of carboxylic acid groups (broad SMARTS) is 1. The van der Waals surface area contributed by atoms with E-state index in [0.29, 0.717) is 0 Å². The first-order valence-electron chi connectivity index (χ1n) is 7.39. The Balaban J connectivity index is 2.86. The highest BCUT2D eigenvalue weighted by molar-refractivity contribution is 5.82. The van der Waals surface area contributed by atoms with Crippen LogP contribution in [0.15, 0.2) is 0 Å². The Labute approximate surface area is 120 Å². The normalized spacial score (nSPS) is 20.2. The van der Waals surface area contributed by atoms with E-state index in [2.05, 4.69) is 0 Å². The highest BCUT2D eigenvalue weighted by Crippen LogP contribution is 2.35. The quantitative estimate of drug-likeness (QED) is 0.757. The summed E-state index contributed by atoms with van der Waals surface area (Å²) in [6, 6.07) is 0. The van der Waals surface area contributed by atoms with Crippen molar-refractivity contribution in [2.24, 2.45) is 11.7 Å². The number of aliphatic carboxylic acids is 1. The van der Waals surface area contributed by atoms with Crippen LogP contribution in [0, 0.1) is 5.92 Å². The van der Waals surface area contributed by atoms with Gasteiger partial charge in [0.25, 0.3) is 0 Å². The van der Waals surface area contributed by atoms with Crippen molar-refractivity contribution < 1.29 is 19.4 Å². The molecule has 0 bridgehead atoms. The van der Waals surface area contributed by atoms with Crippen LogP contribution in [-0.2, 0) is 14.3 Å². The van der Waals surface area contributed by atoms with Gasteiger partial charge in [0.05, 0.1) is 0 Å². The van der Waals surface area contributed by atoms with E-state index in [4.69, 9.17) is 15.6 Å². The molecule has 0 amide bonds. The minimum atomic E-state index is -1.17. The molecule has 0 aromatic rings. The van der Waals surface area contributed by atoms with Crippen molar-refractivity contribution in [3.8, 4) is 0 Å². The molecule has 5 heteroatoms. The van der Waals surface area contributed by atoms with Crippen molar-refractivity contribution in [2.45, 2.75) is 76.9 Å². The van der Waals surface area contributed by atoms with Crippen LogP contribution in [0.5, 0.6) is 0 Å². The minimum absolute atomic E-state index is 0.0189. The molecule has 5 nitrogen and oxygen atoms in total.